The Hall–Kier alpha value is -1.20. The number of allylic oxidation sites excluding steroid dienone is 2. The number of rotatable bonds is 2. The van der Waals surface area contributed by atoms with E-state index >= 15 is 0 Å². The molecule has 0 heterocycles. The molecule has 5 heteroatoms. The highest BCUT2D eigenvalue weighted by Crippen LogP contribution is 2.75. The van der Waals surface area contributed by atoms with Crippen molar-refractivity contribution < 1.29 is 19.5 Å². The number of aliphatic hydroxyl groups excluding tert-OH is 1. The summed E-state index contributed by atoms with van der Waals surface area (Å²) in [6.07, 6.45) is 10.4. The zero-order valence-electron chi connectivity index (χ0n) is 26.4. The number of carbonyl (C=O) groups is 2. The summed E-state index contributed by atoms with van der Waals surface area (Å²) in [5.74, 6) is 0.808. The average molecular weight is 542 g/mol. The van der Waals surface area contributed by atoms with E-state index in [2.05, 4.69) is 60.0 Å². The third-order valence-corrected chi connectivity index (χ3v) is 13.6. The SMILES string of the molecule is CC(C)(C)ONC(=O)[C@@]1(C)CC[C@]2(C)CC[C@]3(C)C(=CC(=O)[C@@H]4[C@@]5(C)CC[C@H](O)C(C)(C)[C@@H]5CC[C@]43C)[C@@H]2C1. The fourth-order valence-electron chi connectivity index (χ4n) is 10.7. The molecule has 9 atom stereocenters. The van der Waals surface area contributed by atoms with Crippen LogP contribution in [0.5, 0.6) is 0 Å². The van der Waals surface area contributed by atoms with Crippen molar-refractivity contribution in [3.05, 3.63) is 11.6 Å². The molecule has 0 radical (unpaired) electrons. The van der Waals surface area contributed by atoms with E-state index in [4.69, 9.17) is 4.84 Å². The monoisotopic (exact) mass is 541 g/mol. The molecule has 4 saturated carbocycles. The second-order valence-electron chi connectivity index (χ2n) is 17.3. The van der Waals surface area contributed by atoms with Crippen molar-refractivity contribution in [2.75, 3.05) is 0 Å². The summed E-state index contributed by atoms with van der Waals surface area (Å²) in [5, 5.41) is 11.0. The smallest absolute Gasteiger partial charge is 0.249 e. The predicted molar refractivity (Wildman–Crippen MR) is 154 cm³/mol. The minimum absolute atomic E-state index is 0.0212. The standard InChI is InChI=1S/C34H55NO4/c1-28(2,3)39-35-27(38)31(7)16-15-30(6)17-18-33(9)21(22(30)20-31)19-23(36)26-32(8)13-12-25(37)29(4,5)24(32)11-14-34(26,33)10/h19,22,24-26,37H,11-18,20H2,1-10H3,(H,35,38)/t22-,24-,25-,26+,30+,31-,32-,33+,34+/m0/s1. The molecule has 0 unspecified atom stereocenters. The lowest BCUT2D eigenvalue weighted by molar-refractivity contribution is -0.202. The van der Waals surface area contributed by atoms with Crippen LogP contribution in [0.4, 0.5) is 0 Å². The lowest BCUT2D eigenvalue weighted by Crippen LogP contribution is -2.66. The van der Waals surface area contributed by atoms with Gasteiger partial charge in [0.05, 0.1) is 11.7 Å². The topological polar surface area (TPSA) is 75.6 Å². The van der Waals surface area contributed by atoms with Crippen molar-refractivity contribution in [1.29, 1.82) is 0 Å². The van der Waals surface area contributed by atoms with E-state index in [1.54, 1.807) is 0 Å². The van der Waals surface area contributed by atoms with Gasteiger partial charge in [0.1, 0.15) is 0 Å². The Morgan fingerprint density at radius 1 is 0.949 bits per heavy atom. The number of hydrogen-bond donors (Lipinski definition) is 2. The molecule has 1 amide bonds. The van der Waals surface area contributed by atoms with Crippen LogP contribution in [-0.4, -0.2) is 28.5 Å². The van der Waals surface area contributed by atoms with Crippen LogP contribution in [0.2, 0.25) is 0 Å². The molecule has 4 fully saturated rings. The maximum absolute atomic E-state index is 14.4. The summed E-state index contributed by atoms with van der Waals surface area (Å²) in [6.45, 7) is 22.0. The van der Waals surface area contributed by atoms with Gasteiger partial charge in [0, 0.05) is 11.3 Å². The average Bonchev–Trinajstić information content (AvgIpc) is 2.82. The van der Waals surface area contributed by atoms with E-state index in [1.165, 1.54) is 5.57 Å². The molecule has 0 spiro atoms. The van der Waals surface area contributed by atoms with Crippen molar-refractivity contribution in [2.24, 2.45) is 50.2 Å². The van der Waals surface area contributed by atoms with E-state index in [-0.39, 0.29) is 50.9 Å². The Morgan fingerprint density at radius 2 is 1.59 bits per heavy atom. The Labute approximate surface area is 237 Å². The van der Waals surface area contributed by atoms with Gasteiger partial charge in [0.15, 0.2) is 5.78 Å². The van der Waals surface area contributed by atoms with Gasteiger partial charge in [-0.15, -0.1) is 0 Å². The highest BCUT2D eigenvalue weighted by molar-refractivity contribution is 5.95. The first-order valence-electron chi connectivity index (χ1n) is 15.7. The van der Waals surface area contributed by atoms with Gasteiger partial charge in [0.25, 0.3) is 0 Å². The molecule has 2 N–H and O–H groups in total. The molecular formula is C34H55NO4. The number of aliphatic hydroxyl groups is 1. The molecule has 220 valence electrons. The van der Waals surface area contributed by atoms with E-state index in [0.717, 1.165) is 57.8 Å². The largest absolute Gasteiger partial charge is 0.393 e. The molecule has 5 aliphatic carbocycles. The van der Waals surface area contributed by atoms with E-state index < -0.39 is 11.0 Å². The lowest BCUT2D eigenvalue weighted by atomic mass is 9.33. The van der Waals surface area contributed by atoms with Crippen LogP contribution >= 0.6 is 0 Å². The maximum Gasteiger partial charge on any atom is 0.249 e. The molecule has 0 aromatic rings. The van der Waals surface area contributed by atoms with Crippen LogP contribution in [0.25, 0.3) is 0 Å². The van der Waals surface area contributed by atoms with Crippen molar-refractivity contribution in [3.8, 4) is 0 Å². The Morgan fingerprint density at radius 3 is 2.23 bits per heavy atom. The van der Waals surface area contributed by atoms with Gasteiger partial charge in [-0.2, -0.15) is 0 Å². The van der Waals surface area contributed by atoms with Crippen LogP contribution in [0, 0.1) is 50.2 Å². The molecule has 5 aliphatic rings. The Balaban J connectivity index is 1.53. The molecule has 5 nitrogen and oxygen atoms in total. The summed E-state index contributed by atoms with van der Waals surface area (Å²) in [4.78, 5) is 33.6. The normalized spacial score (nSPS) is 49.1. The Bertz CT molecular complexity index is 1090. The summed E-state index contributed by atoms with van der Waals surface area (Å²) in [6, 6.07) is 0. The van der Waals surface area contributed by atoms with Crippen LogP contribution in [-0.2, 0) is 14.4 Å². The first-order valence-corrected chi connectivity index (χ1v) is 15.7. The molecule has 0 aromatic heterocycles. The fourth-order valence-corrected chi connectivity index (χ4v) is 10.7. The summed E-state index contributed by atoms with van der Waals surface area (Å²) < 4.78 is 0. The second-order valence-corrected chi connectivity index (χ2v) is 17.3. The van der Waals surface area contributed by atoms with Crippen molar-refractivity contribution in [3.63, 3.8) is 0 Å². The summed E-state index contributed by atoms with van der Waals surface area (Å²) in [7, 11) is 0. The molecule has 0 aliphatic heterocycles. The fraction of sp³-hybridized carbons (Fsp3) is 0.882. The predicted octanol–water partition coefficient (Wildman–Crippen LogP) is 7.17. The molecule has 39 heavy (non-hydrogen) atoms. The van der Waals surface area contributed by atoms with Crippen LogP contribution in [0.15, 0.2) is 11.6 Å². The first-order chi connectivity index (χ1) is 17.7. The number of ketones is 1. The zero-order chi connectivity index (χ0) is 29.0. The summed E-state index contributed by atoms with van der Waals surface area (Å²) in [5.41, 5.74) is 2.77. The Kier molecular flexibility index (Phi) is 6.51. The van der Waals surface area contributed by atoms with Crippen LogP contribution in [0.3, 0.4) is 0 Å². The van der Waals surface area contributed by atoms with Crippen molar-refractivity contribution >= 4 is 11.7 Å². The van der Waals surface area contributed by atoms with Gasteiger partial charge in [0.2, 0.25) is 5.91 Å². The third kappa shape index (κ3) is 4.06. The number of hydroxylamine groups is 1. The van der Waals surface area contributed by atoms with E-state index in [9.17, 15) is 14.7 Å². The van der Waals surface area contributed by atoms with Crippen LogP contribution in [0.1, 0.15) is 127 Å². The van der Waals surface area contributed by atoms with Crippen LogP contribution < -0.4 is 5.48 Å². The van der Waals surface area contributed by atoms with Crippen molar-refractivity contribution in [1.82, 2.24) is 5.48 Å². The lowest BCUT2D eigenvalue weighted by Gasteiger charge is -2.70. The second kappa shape index (κ2) is 8.66. The number of fused-ring (bicyclic) bond motifs is 7. The van der Waals surface area contributed by atoms with E-state index in [0.29, 0.717) is 11.7 Å². The summed E-state index contributed by atoms with van der Waals surface area (Å²) >= 11 is 0. The highest BCUT2D eigenvalue weighted by atomic mass is 16.7. The van der Waals surface area contributed by atoms with Crippen molar-refractivity contribution in [2.45, 2.75) is 139 Å². The highest BCUT2D eigenvalue weighted by Gasteiger charge is 2.70. The third-order valence-electron chi connectivity index (χ3n) is 13.6. The van der Waals surface area contributed by atoms with E-state index in [1.807, 2.05) is 20.8 Å². The molecule has 5 rings (SSSR count). The van der Waals surface area contributed by atoms with Gasteiger partial charge in [-0.1, -0.05) is 54.0 Å². The van der Waals surface area contributed by atoms with Gasteiger partial charge in [-0.05, 0) is 124 Å². The minimum atomic E-state index is -0.525. The zero-order valence-corrected chi connectivity index (χ0v) is 26.4. The van der Waals surface area contributed by atoms with Gasteiger partial charge < -0.3 is 5.11 Å². The number of hydrogen-bond acceptors (Lipinski definition) is 4. The maximum atomic E-state index is 14.4. The quantitative estimate of drug-likeness (QED) is 0.363. The molecule has 0 aromatic carbocycles. The molecule has 0 saturated heterocycles. The number of amides is 1. The molecular weight excluding hydrogens is 486 g/mol. The minimum Gasteiger partial charge on any atom is -0.393 e. The number of carbonyl (C=O) groups excluding carboxylic acids is 2. The molecule has 0 bridgehead atoms. The van der Waals surface area contributed by atoms with Gasteiger partial charge >= 0.3 is 0 Å². The first kappa shape index (κ1) is 29.3. The van der Waals surface area contributed by atoms with Gasteiger partial charge in [-0.3, -0.25) is 14.4 Å². The number of nitrogens with one attached hydrogen (secondary N) is 1. The van der Waals surface area contributed by atoms with Gasteiger partial charge in [-0.25, -0.2) is 5.48 Å².